The molecule has 0 aliphatic carbocycles. The van der Waals surface area contributed by atoms with E-state index in [9.17, 15) is 13.5 Å². The van der Waals surface area contributed by atoms with E-state index >= 15 is 0 Å². The number of halogens is 1. The van der Waals surface area contributed by atoms with Crippen molar-refractivity contribution in [3.63, 3.8) is 0 Å². The number of likely N-dealkylation sites (N-methyl/N-ethyl adjacent to an activating group) is 1. The standard InChI is InChI=1S/C12H18ClNO3S/c1-2-14-7-11(15)9-18(16,17)8-10-5-3-4-6-12(10)13/h3-6,11,14-15H,2,7-9H2,1H3. The second-order valence-electron chi connectivity index (χ2n) is 4.11. The van der Waals surface area contributed by atoms with Gasteiger partial charge in [-0.2, -0.15) is 0 Å². The normalized spacial score (nSPS) is 13.5. The Morgan fingerprint density at radius 2 is 2.06 bits per heavy atom. The second-order valence-corrected chi connectivity index (χ2v) is 6.62. The van der Waals surface area contributed by atoms with Crippen LogP contribution in [0.4, 0.5) is 0 Å². The topological polar surface area (TPSA) is 66.4 Å². The van der Waals surface area contributed by atoms with E-state index in [-0.39, 0.29) is 18.1 Å². The molecule has 18 heavy (non-hydrogen) atoms. The summed E-state index contributed by atoms with van der Waals surface area (Å²) in [6.07, 6.45) is -0.891. The van der Waals surface area contributed by atoms with Crippen LogP contribution in [-0.2, 0) is 15.6 Å². The Hall–Kier alpha value is -0.620. The van der Waals surface area contributed by atoms with Crippen molar-refractivity contribution >= 4 is 21.4 Å². The van der Waals surface area contributed by atoms with Crippen LogP contribution in [0.2, 0.25) is 5.02 Å². The van der Waals surface area contributed by atoms with Gasteiger partial charge in [0, 0.05) is 11.6 Å². The van der Waals surface area contributed by atoms with Crippen LogP contribution in [0.5, 0.6) is 0 Å². The number of benzene rings is 1. The van der Waals surface area contributed by atoms with Crippen molar-refractivity contribution in [2.24, 2.45) is 0 Å². The molecule has 4 nitrogen and oxygen atoms in total. The summed E-state index contributed by atoms with van der Waals surface area (Å²) in [5.41, 5.74) is 0.565. The van der Waals surface area contributed by atoms with E-state index < -0.39 is 15.9 Å². The first-order valence-corrected chi connectivity index (χ1v) is 7.97. The van der Waals surface area contributed by atoms with Crippen LogP contribution in [-0.4, -0.2) is 38.5 Å². The molecule has 1 aromatic carbocycles. The summed E-state index contributed by atoms with van der Waals surface area (Å²) in [5, 5.41) is 12.9. The number of hydrogen-bond donors (Lipinski definition) is 2. The van der Waals surface area contributed by atoms with Crippen molar-refractivity contribution in [1.29, 1.82) is 0 Å². The molecule has 0 amide bonds. The van der Waals surface area contributed by atoms with E-state index in [1.165, 1.54) is 0 Å². The average molecular weight is 292 g/mol. The molecule has 1 rings (SSSR count). The summed E-state index contributed by atoms with van der Waals surface area (Å²) in [5.74, 6) is -0.402. The van der Waals surface area contributed by atoms with Gasteiger partial charge in [0.25, 0.3) is 0 Å². The van der Waals surface area contributed by atoms with Crippen molar-refractivity contribution in [2.45, 2.75) is 18.8 Å². The first kappa shape index (κ1) is 15.4. The predicted octanol–water partition coefficient (Wildman–Crippen LogP) is 1.23. The van der Waals surface area contributed by atoms with Crippen LogP contribution < -0.4 is 5.32 Å². The SMILES string of the molecule is CCNCC(O)CS(=O)(=O)Cc1ccccc1Cl. The van der Waals surface area contributed by atoms with Crippen LogP contribution in [0.25, 0.3) is 0 Å². The van der Waals surface area contributed by atoms with Crippen molar-refractivity contribution in [3.8, 4) is 0 Å². The van der Waals surface area contributed by atoms with Crippen molar-refractivity contribution in [1.82, 2.24) is 5.32 Å². The minimum atomic E-state index is -3.36. The molecule has 0 aromatic heterocycles. The highest BCUT2D eigenvalue weighted by molar-refractivity contribution is 7.90. The summed E-state index contributed by atoms with van der Waals surface area (Å²) in [6.45, 7) is 2.87. The van der Waals surface area contributed by atoms with Gasteiger partial charge in [-0.05, 0) is 18.2 Å². The van der Waals surface area contributed by atoms with Gasteiger partial charge in [0.1, 0.15) is 0 Å². The van der Waals surface area contributed by atoms with Crippen molar-refractivity contribution in [2.75, 3.05) is 18.8 Å². The molecule has 1 unspecified atom stereocenters. The summed E-state index contributed by atoms with van der Waals surface area (Å²) in [6, 6.07) is 6.82. The lowest BCUT2D eigenvalue weighted by Crippen LogP contribution is -2.32. The van der Waals surface area contributed by atoms with Crippen LogP contribution in [0, 0.1) is 0 Å². The van der Waals surface area contributed by atoms with Gasteiger partial charge in [0.05, 0.1) is 17.6 Å². The third-order valence-corrected chi connectivity index (χ3v) is 4.42. The Balaban J connectivity index is 2.63. The van der Waals surface area contributed by atoms with Gasteiger partial charge in [0.2, 0.25) is 0 Å². The van der Waals surface area contributed by atoms with Gasteiger partial charge in [-0.1, -0.05) is 36.7 Å². The molecule has 0 saturated carbocycles. The molecule has 0 bridgehead atoms. The first-order valence-electron chi connectivity index (χ1n) is 5.77. The van der Waals surface area contributed by atoms with Gasteiger partial charge in [-0.15, -0.1) is 0 Å². The predicted molar refractivity (Wildman–Crippen MR) is 73.5 cm³/mol. The first-order chi connectivity index (χ1) is 8.44. The Labute approximate surface area is 113 Å². The second kappa shape index (κ2) is 7.09. The van der Waals surface area contributed by atoms with Gasteiger partial charge in [-0.25, -0.2) is 8.42 Å². The zero-order valence-electron chi connectivity index (χ0n) is 10.3. The van der Waals surface area contributed by atoms with Gasteiger partial charge < -0.3 is 10.4 Å². The van der Waals surface area contributed by atoms with Gasteiger partial charge in [-0.3, -0.25) is 0 Å². The van der Waals surface area contributed by atoms with Gasteiger partial charge >= 0.3 is 0 Å². The van der Waals surface area contributed by atoms with Gasteiger partial charge in [0.15, 0.2) is 9.84 Å². The molecule has 0 fully saturated rings. The Bertz CT molecular complexity index is 476. The lowest BCUT2D eigenvalue weighted by molar-refractivity contribution is 0.194. The maximum atomic E-state index is 11.9. The molecule has 102 valence electrons. The number of rotatable bonds is 7. The quantitative estimate of drug-likeness (QED) is 0.793. The molecule has 0 radical (unpaired) electrons. The average Bonchev–Trinajstić information content (AvgIpc) is 2.28. The highest BCUT2D eigenvalue weighted by Gasteiger charge is 2.18. The summed E-state index contributed by atoms with van der Waals surface area (Å²) in [7, 11) is -3.36. The van der Waals surface area contributed by atoms with E-state index in [1.807, 2.05) is 6.92 Å². The lowest BCUT2D eigenvalue weighted by Gasteiger charge is -2.12. The number of aliphatic hydroxyl groups excluding tert-OH is 1. The summed E-state index contributed by atoms with van der Waals surface area (Å²) in [4.78, 5) is 0. The molecule has 6 heteroatoms. The number of hydrogen-bond acceptors (Lipinski definition) is 4. The molecular formula is C12H18ClNO3S. The Morgan fingerprint density at radius 3 is 2.67 bits per heavy atom. The van der Waals surface area contributed by atoms with Crippen LogP contribution in [0.15, 0.2) is 24.3 Å². The highest BCUT2D eigenvalue weighted by Crippen LogP contribution is 2.18. The molecule has 1 aromatic rings. The fraction of sp³-hybridized carbons (Fsp3) is 0.500. The monoisotopic (exact) mass is 291 g/mol. The molecule has 2 N–H and O–H groups in total. The minimum Gasteiger partial charge on any atom is -0.391 e. The van der Waals surface area contributed by atoms with E-state index in [0.717, 1.165) is 0 Å². The van der Waals surface area contributed by atoms with E-state index in [1.54, 1.807) is 24.3 Å². The maximum Gasteiger partial charge on any atom is 0.157 e. The summed E-state index contributed by atoms with van der Waals surface area (Å²) >= 11 is 5.91. The zero-order chi connectivity index (χ0) is 13.6. The molecule has 1 atom stereocenters. The van der Waals surface area contributed by atoms with Crippen molar-refractivity contribution in [3.05, 3.63) is 34.9 Å². The lowest BCUT2D eigenvalue weighted by atomic mass is 10.2. The minimum absolute atomic E-state index is 0.143. The molecule has 0 heterocycles. The smallest absolute Gasteiger partial charge is 0.157 e. The molecule has 0 spiro atoms. The van der Waals surface area contributed by atoms with E-state index in [0.29, 0.717) is 17.1 Å². The highest BCUT2D eigenvalue weighted by atomic mass is 35.5. The number of sulfone groups is 1. The molecule has 0 aliphatic heterocycles. The van der Waals surface area contributed by atoms with Crippen LogP contribution in [0.1, 0.15) is 12.5 Å². The number of nitrogens with one attached hydrogen (secondary N) is 1. The molecular weight excluding hydrogens is 274 g/mol. The number of aliphatic hydroxyl groups is 1. The third-order valence-electron chi connectivity index (χ3n) is 2.41. The summed E-state index contributed by atoms with van der Waals surface area (Å²) < 4.78 is 23.8. The maximum absolute atomic E-state index is 11.9. The third kappa shape index (κ3) is 5.35. The van der Waals surface area contributed by atoms with Crippen molar-refractivity contribution < 1.29 is 13.5 Å². The fourth-order valence-electron chi connectivity index (χ4n) is 1.57. The zero-order valence-corrected chi connectivity index (χ0v) is 11.8. The largest absolute Gasteiger partial charge is 0.391 e. The molecule has 0 aliphatic rings. The Kier molecular flexibility index (Phi) is 6.08. The fourth-order valence-corrected chi connectivity index (χ4v) is 3.40. The van der Waals surface area contributed by atoms with E-state index in [4.69, 9.17) is 11.6 Å². The van der Waals surface area contributed by atoms with Crippen LogP contribution >= 0.6 is 11.6 Å². The van der Waals surface area contributed by atoms with Crippen LogP contribution in [0.3, 0.4) is 0 Å². The molecule has 0 saturated heterocycles. The Morgan fingerprint density at radius 1 is 1.39 bits per heavy atom. The van der Waals surface area contributed by atoms with E-state index in [2.05, 4.69) is 5.32 Å².